The van der Waals surface area contributed by atoms with Crippen LogP contribution in [0.2, 0.25) is 0 Å². The van der Waals surface area contributed by atoms with Gasteiger partial charge in [-0.05, 0) is 18.2 Å². The number of fused-ring (bicyclic) bond motifs is 1. The third kappa shape index (κ3) is 4.65. The van der Waals surface area contributed by atoms with Crippen LogP contribution in [-0.4, -0.2) is 66.5 Å². The summed E-state index contributed by atoms with van der Waals surface area (Å²) in [5.41, 5.74) is 2.58. The molecule has 12 heteroatoms. The van der Waals surface area contributed by atoms with Crippen LogP contribution in [0.5, 0.6) is 5.75 Å². The lowest BCUT2D eigenvalue weighted by Gasteiger charge is -2.28. The molecule has 2 aromatic heterocycles. The fourth-order valence-corrected chi connectivity index (χ4v) is 4.73. The number of pyridine rings is 1. The molecule has 4 rings (SSSR count). The number of hydrogen-bond acceptors (Lipinski definition) is 6. The van der Waals surface area contributed by atoms with Gasteiger partial charge in [0.1, 0.15) is 12.4 Å². The Kier molecular flexibility index (Phi) is 6.64. The van der Waals surface area contributed by atoms with E-state index in [4.69, 9.17) is 4.74 Å². The molecule has 0 atom stereocenters. The Morgan fingerprint density at radius 2 is 1.94 bits per heavy atom. The number of rotatable bonds is 8. The van der Waals surface area contributed by atoms with Crippen LogP contribution >= 0.6 is 0 Å². The van der Waals surface area contributed by atoms with Gasteiger partial charge in [0.2, 0.25) is 0 Å². The monoisotopic (exact) mass is 491 g/mol. The fraction of sp³-hybridized carbons (Fsp3) is 0.273. The largest absolute Gasteiger partial charge is 0.485 e. The number of hydrogen-bond donors (Lipinski definition) is 2. The number of benzene rings is 1. The standard InChI is InChI=1S/C22H23F2N5O4S/c1-28(2)34(31,32)29-11-16-20(17(30)12-29)22(26-14-6-4-3-5-7-14)21(27-16)15-8-9-25-10-18(15)33-13-19(23)24/h3-10,19,26-27H,11-13H2,1-2H3. The molecule has 0 saturated carbocycles. The lowest BCUT2D eigenvalue weighted by molar-refractivity contribution is 0.0820. The summed E-state index contributed by atoms with van der Waals surface area (Å²) in [6, 6.07) is 10.7. The number of ether oxygens (including phenoxy) is 1. The molecule has 0 aliphatic carbocycles. The predicted octanol–water partition coefficient (Wildman–Crippen LogP) is 3.27. The highest BCUT2D eigenvalue weighted by atomic mass is 32.2. The molecule has 0 unspecified atom stereocenters. The Hall–Kier alpha value is -3.35. The van der Waals surface area contributed by atoms with Crippen molar-refractivity contribution in [1.82, 2.24) is 18.6 Å². The quantitative estimate of drug-likeness (QED) is 0.501. The second kappa shape index (κ2) is 9.49. The highest BCUT2D eigenvalue weighted by Crippen LogP contribution is 2.41. The fourth-order valence-electron chi connectivity index (χ4n) is 3.69. The van der Waals surface area contributed by atoms with Gasteiger partial charge in [-0.15, -0.1) is 0 Å². The summed E-state index contributed by atoms with van der Waals surface area (Å²) in [6.45, 7) is -1.23. The highest BCUT2D eigenvalue weighted by molar-refractivity contribution is 7.86. The maximum Gasteiger partial charge on any atom is 0.282 e. The van der Waals surface area contributed by atoms with Crippen molar-refractivity contribution in [3.8, 4) is 17.0 Å². The van der Waals surface area contributed by atoms with E-state index in [2.05, 4.69) is 15.3 Å². The van der Waals surface area contributed by atoms with Crippen molar-refractivity contribution in [2.45, 2.75) is 13.0 Å². The minimum Gasteiger partial charge on any atom is -0.485 e. The van der Waals surface area contributed by atoms with Crippen LogP contribution in [0, 0.1) is 0 Å². The summed E-state index contributed by atoms with van der Waals surface area (Å²) in [5, 5.41) is 3.22. The molecule has 34 heavy (non-hydrogen) atoms. The van der Waals surface area contributed by atoms with E-state index >= 15 is 0 Å². The van der Waals surface area contributed by atoms with Crippen molar-refractivity contribution in [2.75, 3.05) is 32.6 Å². The number of nitrogens with one attached hydrogen (secondary N) is 2. The van der Waals surface area contributed by atoms with E-state index in [0.29, 0.717) is 33.9 Å². The van der Waals surface area contributed by atoms with Gasteiger partial charge in [-0.3, -0.25) is 9.78 Å². The van der Waals surface area contributed by atoms with E-state index in [1.807, 2.05) is 18.2 Å². The van der Waals surface area contributed by atoms with Gasteiger partial charge in [0.05, 0.1) is 36.2 Å². The maximum absolute atomic E-state index is 13.2. The lowest BCUT2D eigenvalue weighted by Crippen LogP contribution is -2.44. The summed E-state index contributed by atoms with van der Waals surface area (Å²) in [5.74, 6) is -0.306. The third-order valence-corrected chi connectivity index (χ3v) is 7.09. The molecule has 0 spiro atoms. The summed E-state index contributed by atoms with van der Waals surface area (Å²) >= 11 is 0. The van der Waals surface area contributed by atoms with E-state index in [0.717, 1.165) is 8.61 Å². The zero-order valence-electron chi connectivity index (χ0n) is 18.5. The molecular weight excluding hydrogens is 468 g/mol. The molecule has 0 bridgehead atoms. The van der Waals surface area contributed by atoms with Crippen LogP contribution in [0.15, 0.2) is 48.8 Å². The number of carbonyl (C=O) groups is 1. The molecule has 0 saturated heterocycles. The van der Waals surface area contributed by atoms with Crippen LogP contribution in [-0.2, 0) is 16.8 Å². The molecule has 1 aromatic carbocycles. The number of carbonyl (C=O) groups excluding carboxylic acids is 1. The molecule has 3 heterocycles. The summed E-state index contributed by atoms with van der Waals surface area (Å²) in [7, 11) is -1.06. The number of Topliss-reactive ketones (excluding diaryl/α,β-unsaturated/α-hetero) is 1. The van der Waals surface area contributed by atoms with Gasteiger partial charge in [-0.2, -0.15) is 17.0 Å². The number of aromatic amines is 1. The van der Waals surface area contributed by atoms with Crippen molar-refractivity contribution in [3.05, 3.63) is 60.0 Å². The molecule has 180 valence electrons. The molecule has 0 fully saturated rings. The van der Waals surface area contributed by atoms with Gasteiger partial charge in [0.15, 0.2) is 5.78 Å². The first-order valence-electron chi connectivity index (χ1n) is 10.3. The van der Waals surface area contributed by atoms with Crippen LogP contribution in [0.1, 0.15) is 16.1 Å². The Labute approximate surface area is 195 Å². The van der Waals surface area contributed by atoms with Gasteiger partial charge in [-0.25, -0.2) is 8.78 Å². The average molecular weight is 492 g/mol. The second-order valence-corrected chi connectivity index (χ2v) is 9.92. The summed E-state index contributed by atoms with van der Waals surface area (Å²) in [6.07, 6.45) is 0.105. The number of para-hydroxylation sites is 1. The van der Waals surface area contributed by atoms with Crippen molar-refractivity contribution in [3.63, 3.8) is 0 Å². The third-order valence-electron chi connectivity index (χ3n) is 5.26. The number of H-pyrrole nitrogens is 1. The SMILES string of the molecule is CN(C)S(=O)(=O)N1CC(=O)c2c([nH]c(-c3ccncc3OCC(F)F)c2Nc2ccccc2)C1. The van der Waals surface area contributed by atoms with E-state index < -0.39 is 29.0 Å². The van der Waals surface area contributed by atoms with E-state index in [1.54, 1.807) is 18.2 Å². The Balaban J connectivity index is 1.85. The van der Waals surface area contributed by atoms with Crippen molar-refractivity contribution in [2.24, 2.45) is 0 Å². The van der Waals surface area contributed by atoms with E-state index in [1.165, 1.54) is 26.5 Å². The minimum atomic E-state index is -3.84. The maximum atomic E-state index is 13.2. The van der Waals surface area contributed by atoms with Crippen LogP contribution < -0.4 is 10.1 Å². The molecule has 1 aliphatic rings. The molecule has 3 aromatic rings. The molecule has 0 amide bonds. The predicted molar refractivity (Wildman–Crippen MR) is 123 cm³/mol. The molecule has 0 radical (unpaired) electrons. The van der Waals surface area contributed by atoms with E-state index in [9.17, 15) is 22.0 Å². The zero-order chi connectivity index (χ0) is 24.5. The highest BCUT2D eigenvalue weighted by Gasteiger charge is 2.37. The smallest absolute Gasteiger partial charge is 0.282 e. The number of alkyl halides is 2. The summed E-state index contributed by atoms with van der Waals surface area (Å²) < 4.78 is 58.3. The topological polar surface area (TPSA) is 108 Å². The number of aromatic nitrogens is 2. The summed E-state index contributed by atoms with van der Waals surface area (Å²) in [4.78, 5) is 20.3. The molecular formula is C22H23F2N5O4S. The first-order chi connectivity index (χ1) is 16.2. The molecule has 9 nitrogen and oxygen atoms in total. The van der Waals surface area contributed by atoms with Gasteiger partial charge >= 0.3 is 0 Å². The Bertz CT molecular complexity index is 1300. The lowest BCUT2D eigenvalue weighted by atomic mass is 10.0. The van der Waals surface area contributed by atoms with Gasteiger partial charge in [0.25, 0.3) is 16.6 Å². The molecule has 1 aliphatic heterocycles. The molecule has 2 N–H and O–H groups in total. The normalized spacial score (nSPS) is 14.5. The average Bonchev–Trinajstić information content (AvgIpc) is 3.17. The first kappa shape index (κ1) is 23.8. The number of ketones is 1. The first-order valence-corrected chi connectivity index (χ1v) is 11.7. The van der Waals surface area contributed by atoms with Crippen molar-refractivity contribution in [1.29, 1.82) is 0 Å². The minimum absolute atomic E-state index is 0.0661. The van der Waals surface area contributed by atoms with Crippen LogP contribution in [0.25, 0.3) is 11.3 Å². The van der Waals surface area contributed by atoms with Gasteiger partial charge < -0.3 is 15.0 Å². The van der Waals surface area contributed by atoms with E-state index in [-0.39, 0.29) is 18.8 Å². The number of anilines is 2. The Morgan fingerprint density at radius 3 is 2.62 bits per heavy atom. The van der Waals surface area contributed by atoms with Crippen LogP contribution in [0.4, 0.5) is 20.2 Å². The van der Waals surface area contributed by atoms with Crippen molar-refractivity contribution < 1.29 is 26.7 Å². The second-order valence-electron chi connectivity index (χ2n) is 7.77. The van der Waals surface area contributed by atoms with Crippen LogP contribution in [0.3, 0.4) is 0 Å². The van der Waals surface area contributed by atoms with Gasteiger partial charge in [-0.1, -0.05) is 18.2 Å². The zero-order valence-corrected chi connectivity index (χ0v) is 19.3. The van der Waals surface area contributed by atoms with Gasteiger partial charge in [0, 0.05) is 37.2 Å². The van der Waals surface area contributed by atoms with Crippen molar-refractivity contribution >= 4 is 27.4 Å². The Morgan fingerprint density at radius 1 is 1.21 bits per heavy atom. The number of nitrogens with zero attached hydrogens (tertiary/aromatic N) is 3. The number of halogens is 2.